The standard InChI is InChI=1S/C12H14F2N2O2/c1-16-5-4-15-9(7-16)8-2-3-10-11(6-8)18-12(13,14)17-10/h2-3,6,9,15H,4-5,7H2,1H3. The number of alkyl halides is 2. The molecule has 0 saturated carbocycles. The number of fused-ring (bicyclic) bond motifs is 1. The molecule has 98 valence electrons. The molecule has 1 unspecified atom stereocenters. The monoisotopic (exact) mass is 256 g/mol. The fourth-order valence-electron chi connectivity index (χ4n) is 2.30. The van der Waals surface area contributed by atoms with Crippen molar-refractivity contribution in [1.82, 2.24) is 10.2 Å². The Morgan fingerprint density at radius 1 is 1.33 bits per heavy atom. The molecule has 3 rings (SSSR count). The summed E-state index contributed by atoms with van der Waals surface area (Å²) in [6, 6.07) is 5.07. The second-order valence-electron chi connectivity index (χ2n) is 4.64. The molecule has 1 N–H and O–H groups in total. The summed E-state index contributed by atoms with van der Waals surface area (Å²) in [4.78, 5) is 2.19. The van der Waals surface area contributed by atoms with Crippen LogP contribution in [0.15, 0.2) is 18.2 Å². The van der Waals surface area contributed by atoms with Gasteiger partial charge in [0.1, 0.15) is 0 Å². The molecule has 2 aliphatic rings. The molecule has 1 fully saturated rings. The second-order valence-corrected chi connectivity index (χ2v) is 4.64. The number of likely N-dealkylation sites (N-methyl/N-ethyl adjacent to an activating group) is 1. The van der Waals surface area contributed by atoms with E-state index in [-0.39, 0.29) is 17.5 Å². The maximum atomic E-state index is 12.9. The third-order valence-corrected chi connectivity index (χ3v) is 3.21. The summed E-state index contributed by atoms with van der Waals surface area (Å²) < 4.78 is 34.6. The maximum Gasteiger partial charge on any atom is 0.586 e. The number of nitrogens with one attached hydrogen (secondary N) is 1. The molecule has 1 atom stereocenters. The summed E-state index contributed by atoms with van der Waals surface area (Å²) in [6.07, 6.45) is -3.54. The third-order valence-electron chi connectivity index (χ3n) is 3.21. The zero-order chi connectivity index (χ0) is 12.8. The number of halogens is 2. The van der Waals surface area contributed by atoms with Crippen LogP contribution in [0.3, 0.4) is 0 Å². The number of ether oxygens (including phenoxy) is 2. The van der Waals surface area contributed by atoms with Gasteiger partial charge in [0.25, 0.3) is 0 Å². The van der Waals surface area contributed by atoms with E-state index in [1.165, 1.54) is 6.07 Å². The molecule has 0 amide bonds. The Kier molecular flexibility index (Phi) is 2.64. The van der Waals surface area contributed by atoms with Gasteiger partial charge in [-0.25, -0.2) is 0 Å². The van der Waals surface area contributed by atoms with Gasteiger partial charge in [0.15, 0.2) is 11.5 Å². The first-order chi connectivity index (χ1) is 8.53. The Morgan fingerprint density at radius 3 is 2.89 bits per heavy atom. The summed E-state index contributed by atoms with van der Waals surface area (Å²) >= 11 is 0. The number of piperazine rings is 1. The van der Waals surface area contributed by atoms with Gasteiger partial charge in [-0.15, -0.1) is 8.78 Å². The van der Waals surface area contributed by atoms with Gasteiger partial charge in [0.05, 0.1) is 0 Å². The summed E-state index contributed by atoms with van der Waals surface area (Å²) in [7, 11) is 2.04. The summed E-state index contributed by atoms with van der Waals surface area (Å²) in [5, 5.41) is 3.35. The number of hydrogen-bond acceptors (Lipinski definition) is 4. The van der Waals surface area contributed by atoms with Gasteiger partial charge in [-0.2, -0.15) is 0 Å². The van der Waals surface area contributed by atoms with Crippen LogP contribution in [-0.2, 0) is 0 Å². The molecule has 1 aromatic rings. The van der Waals surface area contributed by atoms with Crippen molar-refractivity contribution >= 4 is 0 Å². The van der Waals surface area contributed by atoms with E-state index in [2.05, 4.69) is 19.7 Å². The summed E-state index contributed by atoms with van der Waals surface area (Å²) in [5.74, 6) is 0.195. The average molecular weight is 256 g/mol. The van der Waals surface area contributed by atoms with Crippen LogP contribution in [0.25, 0.3) is 0 Å². The molecule has 6 heteroatoms. The van der Waals surface area contributed by atoms with Crippen molar-refractivity contribution in [2.75, 3.05) is 26.7 Å². The molecule has 1 saturated heterocycles. The zero-order valence-electron chi connectivity index (χ0n) is 9.95. The van der Waals surface area contributed by atoms with Crippen LogP contribution in [0.5, 0.6) is 11.5 Å². The maximum absolute atomic E-state index is 12.9. The first kappa shape index (κ1) is 11.7. The molecular weight excluding hydrogens is 242 g/mol. The summed E-state index contributed by atoms with van der Waals surface area (Å²) in [6.45, 7) is 2.71. The van der Waals surface area contributed by atoms with Gasteiger partial charge in [0.2, 0.25) is 0 Å². The highest BCUT2D eigenvalue weighted by Crippen LogP contribution is 2.42. The highest BCUT2D eigenvalue weighted by molar-refractivity contribution is 5.46. The van der Waals surface area contributed by atoms with Crippen molar-refractivity contribution in [3.63, 3.8) is 0 Å². The first-order valence-electron chi connectivity index (χ1n) is 5.85. The van der Waals surface area contributed by atoms with Crippen LogP contribution in [-0.4, -0.2) is 37.9 Å². The minimum Gasteiger partial charge on any atom is -0.395 e. The van der Waals surface area contributed by atoms with Crippen LogP contribution in [0, 0.1) is 0 Å². The van der Waals surface area contributed by atoms with E-state index < -0.39 is 6.29 Å². The van der Waals surface area contributed by atoms with Crippen LogP contribution in [0.2, 0.25) is 0 Å². The fourth-order valence-corrected chi connectivity index (χ4v) is 2.30. The molecular formula is C12H14F2N2O2. The van der Waals surface area contributed by atoms with Gasteiger partial charge in [-0.1, -0.05) is 6.07 Å². The molecule has 0 bridgehead atoms. The second kappa shape index (κ2) is 4.07. The van der Waals surface area contributed by atoms with E-state index in [4.69, 9.17) is 0 Å². The minimum absolute atomic E-state index is 0.0907. The number of benzene rings is 1. The van der Waals surface area contributed by atoms with Gasteiger partial charge in [-0.3, -0.25) is 0 Å². The average Bonchev–Trinajstić information content (AvgIpc) is 2.61. The smallest absolute Gasteiger partial charge is 0.395 e. The van der Waals surface area contributed by atoms with Crippen molar-refractivity contribution < 1.29 is 18.3 Å². The van der Waals surface area contributed by atoms with E-state index in [9.17, 15) is 8.78 Å². The lowest BCUT2D eigenvalue weighted by atomic mass is 10.0. The Balaban J connectivity index is 1.83. The predicted molar refractivity (Wildman–Crippen MR) is 60.9 cm³/mol. The third kappa shape index (κ3) is 2.13. The molecule has 0 aromatic heterocycles. The Hall–Kier alpha value is -1.40. The van der Waals surface area contributed by atoms with Crippen molar-refractivity contribution in [3.8, 4) is 11.5 Å². The van der Waals surface area contributed by atoms with Gasteiger partial charge < -0.3 is 19.7 Å². The Bertz CT molecular complexity index is 467. The highest BCUT2D eigenvalue weighted by atomic mass is 19.3. The van der Waals surface area contributed by atoms with E-state index in [1.807, 2.05) is 7.05 Å². The Morgan fingerprint density at radius 2 is 2.11 bits per heavy atom. The molecule has 1 aromatic carbocycles. The topological polar surface area (TPSA) is 33.7 Å². The largest absolute Gasteiger partial charge is 0.586 e. The lowest BCUT2D eigenvalue weighted by molar-refractivity contribution is -0.286. The normalized spacial score (nSPS) is 26.3. The van der Waals surface area contributed by atoms with Crippen molar-refractivity contribution in [3.05, 3.63) is 23.8 Å². The number of rotatable bonds is 1. The van der Waals surface area contributed by atoms with Gasteiger partial charge >= 0.3 is 6.29 Å². The molecule has 0 spiro atoms. The number of hydrogen-bond donors (Lipinski definition) is 1. The predicted octanol–water partition coefficient (Wildman–Crippen LogP) is 1.58. The van der Waals surface area contributed by atoms with E-state index in [1.54, 1.807) is 12.1 Å². The van der Waals surface area contributed by atoms with E-state index in [0.717, 1.165) is 25.2 Å². The number of nitrogens with zero attached hydrogens (tertiary/aromatic N) is 1. The van der Waals surface area contributed by atoms with E-state index in [0.29, 0.717) is 0 Å². The molecule has 0 aliphatic carbocycles. The van der Waals surface area contributed by atoms with Crippen LogP contribution in [0.4, 0.5) is 8.78 Å². The lowest BCUT2D eigenvalue weighted by Gasteiger charge is -2.31. The molecule has 4 nitrogen and oxygen atoms in total. The zero-order valence-corrected chi connectivity index (χ0v) is 9.95. The first-order valence-corrected chi connectivity index (χ1v) is 5.85. The lowest BCUT2D eigenvalue weighted by Crippen LogP contribution is -2.43. The minimum atomic E-state index is -3.54. The summed E-state index contributed by atoms with van der Waals surface area (Å²) in [5.41, 5.74) is 0.932. The van der Waals surface area contributed by atoms with Crippen LogP contribution >= 0.6 is 0 Å². The SMILES string of the molecule is CN1CCNC(c2ccc3c(c2)OC(F)(F)O3)C1. The van der Waals surface area contributed by atoms with Gasteiger partial charge in [-0.05, 0) is 24.7 Å². The van der Waals surface area contributed by atoms with Crippen LogP contribution < -0.4 is 14.8 Å². The Labute approximate surface area is 103 Å². The van der Waals surface area contributed by atoms with Crippen LogP contribution in [0.1, 0.15) is 11.6 Å². The van der Waals surface area contributed by atoms with Gasteiger partial charge in [0, 0.05) is 25.7 Å². The van der Waals surface area contributed by atoms with E-state index >= 15 is 0 Å². The molecule has 2 heterocycles. The molecule has 2 aliphatic heterocycles. The van der Waals surface area contributed by atoms with Crippen molar-refractivity contribution in [2.24, 2.45) is 0 Å². The quantitative estimate of drug-likeness (QED) is 0.827. The van der Waals surface area contributed by atoms with Crippen molar-refractivity contribution in [1.29, 1.82) is 0 Å². The fraction of sp³-hybridized carbons (Fsp3) is 0.500. The van der Waals surface area contributed by atoms with Crippen molar-refractivity contribution in [2.45, 2.75) is 12.3 Å². The molecule has 0 radical (unpaired) electrons. The highest BCUT2D eigenvalue weighted by Gasteiger charge is 2.43. The molecule has 18 heavy (non-hydrogen) atoms.